The Morgan fingerprint density at radius 1 is 1.28 bits per heavy atom. The zero-order valence-corrected chi connectivity index (χ0v) is 13.2. The summed E-state index contributed by atoms with van der Waals surface area (Å²) in [5.41, 5.74) is 0.0112. The van der Waals surface area contributed by atoms with Gasteiger partial charge in [0.2, 0.25) is 0 Å². The van der Waals surface area contributed by atoms with E-state index in [9.17, 15) is 18.0 Å². The lowest BCUT2D eigenvalue weighted by Gasteiger charge is -2.36. The van der Waals surface area contributed by atoms with E-state index in [1.807, 2.05) is 0 Å². The van der Waals surface area contributed by atoms with Crippen LogP contribution >= 0.6 is 0 Å². The number of aromatic nitrogens is 3. The molecule has 0 aliphatic carbocycles. The number of aryl methyl sites for hydroxylation is 1. The van der Waals surface area contributed by atoms with E-state index < -0.39 is 11.7 Å². The fourth-order valence-electron chi connectivity index (χ4n) is 3.24. The molecule has 4 heterocycles. The second-order valence-electron chi connectivity index (χ2n) is 6.11. The third-order valence-electron chi connectivity index (χ3n) is 4.56. The fraction of sp³-hybridized carbons (Fsp3) is 0.438. The Hall–Kier alpha value is -2.42. The minimum absolute atomic E-state index is 0.0192. The van der Waals surface area contributed by atoms with Gasteiger partial charge in [-0.25, -0.2) is 9.97 Å². The molecule has 25 heavy (non-hydrogen) atoms. The molecule has 0 bridgehead atoms. The first kappa shape index (κ1) is 16.1. The van der Waals surface area contributed by atoms with Crippen LogP contribution in [0.1, 0.15) is 28.0 Å². The van der Waals surface area contributed by atoms with Crippen molar-refractivity contribution in [2.45, 2.75) is 25.1 Å². The SMILES string of the molecule is O=C1c2c(ccn2-c2ncncc2C(F)(F)F)CCCN1C1COC1. The van der Waals surface area contributed by atoms with E-state index in [2.05, 4.69) is 9.97 Å². The molecule has 1 fully saturated rings. The summed E-state index contributed by atoms with van der Waals surface area (Å²) in [5, 5.41) is 0. The van der Waals surface area contributed by atoms with Gasteiger partial charge in [-0.2, -0.15) is 13.2 Å². The highest BCUT2D eigenvalue weighted by Crippen LogP contribution is 2.34. The molecule has 2 aliphatic rings. The van der Waals surface area contributed by atoms with Gasteiger partial charge in [0.25, 0.3) is 5.91 Å². The van der Waals surface area contributed by atoms with Crippen molar-refractivity contribution in [3.8, 4) is 5.82 Å². The summed E-state index contributed by atoms with van der Waals surface area (Å²) in [4.78, 5) is 22.0. The Morgan fingerprint density at radius 2 is 2.08 bits per heavy atom. The lowest BCUT2D eigenvalue weighted by atomic mass is 10.1. The predicted molar refractivity (Wildman–Crippen MR) is 80.3 cm³/mol. The van der Waals surface area contributed by atoms with Crippen LogP contribution in [0.15, 0.2) is 24.8 Å². The van der Waals surface area contributed by atoms with Gasteiger partial charge in [0.15, 0.2) is 5.82 Å². The second-order valence-corrected chi connectivity index (χ2v) is 6.11. The van der Waals surface area contributed by atoms with Crippen molar-refractivity contribution in [2.24, 2.45) is 0 Å². The van der Waals surface area contributed by atoms with Crippen LogP contribution < -0.4 is 0 Å². The molecular weight excluding hydrogens is 337 g/mol. The van der Waals surface area contributed by atoms with Gasteiger partial charge in [0.05, 0.1) is 19.3 Å². The number of carbonyl (C=O) groups excluding carboxylic acids is 1. The summed E-state index contributed by atoms with van der Waals surface area (Å²) in [5.74, 6) is -0.610. The van der Waals surface area contributed by atoms with Crippen molar-refractivity contribution in [1.29, 1.82) is 0 Å². The minimum atomic E-state index is -4.61. The van der Waals surface area contributed by atoms with Crippen LogP contribution in [0.4, 0.5) is 13.2 Å². The van der Waals surface area contributed by atoms with Gasteiger partial charge in [-0.3, -0.25) is 9.36 Å². The zero-order valence-electron chi connectivity index (χ0n) is 13.2. The molecule has 4 rings (SSSR count). The maximum absolute atomic E-state index is 13.3. The highest BCUT2D eigenvalue weighted by atomic mass is 19.4. The van der Waals surface area contributed by atoms with E-state index in [-0.39, 0.29) is 23.5 Å². The van der Waals surface area contributed by atoms with E-state index in [4.69, 9.17) is 4.74 Å². The van der Waals surface area contributed by atoms with E-state index >= 15 is 0 Å². The van der Waals surface area contributed by atoms with Crippen molar-refractivity contribution in [3.05, 3.63) is 41.6 Å². The average molecular weight is 352 g/mol. The summed E-state index contributed by atoms with van der Waals surface area (Å²) < 4.78 is 46.3. The smallest absolute Gasteiger partial charge is 0.377 e. The van der Waals surface area contributed by atoms with Crippen molar-refractivity contribution >= 4 is 5.91 Å². The Balaban J connectivity index is 1.82. The maximum Gasteiger partial charge on any atom is 0.421 e. The first-order chi connectivity index (χ1) is 12.0. The number of hydrogen-bond acceptors (Lipinski definition) is 4. The molecule has 2 aliphatic heterocycles. The number of halogens is 3. The number of hydrogen-bond donors (Lipinski definition) is 0. The van der Waals surface area contributed by atoms with Gasteiger partial charge >= 0.3 is 6.18 Å². The molecule has 0 spiro atoms. The van der Waals surface area contributed by atoms with Gasteiger partial charge in [-0.1, -0.05) is 0 Å². The summed E-state index contributed by atoms with van der Waals surface area (Å²) in [6.45, 7) is 1.49. The molecule has 0 radical (unpaired) electrons. The van der Waals surface area contributed by atoms with Gasteiger partial charge < -0.3 is 9.64 Å². The molecule has 1 amide bonds. The van der Waals surface area contributed by atoms with Crippen LogP contribution in [0.3, 0.4) is 0 Å². The molecular formula is C16H15F3N4O2. The number of ether oxygens (including phenoxy) is 1. The van der Waals surface area contributed by atoms with Crippen LogP contribution in [-0.4, -0.2) is 51.1 Å². The lowest BCUT2D eigenvalue weighted by molar-refractivity contribution is -0.138. The van der Waals surface area contributed by atoms with Crippen LogP contribution in [0.25, 0.3) is 5.82 Å². The molecule has 0 aromatic carbocycles. The Morgan fingerprint density at radius 3 is 2.76 bits per heavy atom. The molecule has 132 valence electrons. The van der Waals surface area contributed by atoms with Gasteiger partial charge in [0.1, 0.15) is 17.6 Å². The van der Waals surface area contributed by atoms with Crippen LogP contribution in [0.2, 0.25) is 0 Å². The van der Waals surface area contributed by atoms with E-state index in [1.54, 1.807) is 11.0 Å². The third-order valence-corrected chi connectivity index (χ3v) is 4.56. The number of nitrogens with zero attached hydrogens (tertiary/aromatic N) is 4. The zero-order chi connectivity index (χ0) is 17.6. The minimum Gasteiger partial charge on any atom is -0.377 e. The number of amides is 1. The normalized spacial score (nSPS) is 18.7. The molecule has 2 aromatic rings. The number of rotatable bonds is 2. The number of carbonyl (C=O) groups is 1. The summed E-state index contributed by atoms with van der Waals surface area (Å²) in [6, 6.07) is 1.67. The molecule has 0 atom stereocenters. The predicted octanol–water partition coefficient (Wildman–Crippen LogP) is 2.07. The first-order valence-corrected chi connectivity index (χ1v) is 7.93. The van der Waals surface area contributed by atoms with E-state index in [1.165, 1.54) is 10.8 Å². The molecule has 6 nitrogen and oxygen atoms in total. The molecule has 0 saturated carbocycles. The maximum atomic E-state index is 13.3. The standard InChI is InChI=1S/C16H15F3N4O2/c17-16(18,19)12-6-20-9-21-14(12)23-5-3-10-2-1-4-22(11-7-25-8-11)15(24)13(10)23/h3,5-6,9,11H,1-2,4,7-8H2. The Kier molecular flexibility index (Phi) is 3.75. The average Bonchev–Trinajstić information content (AvgIpc) is 2.88. The van der Waals surface area contributed by atoms with Crippen LogP contribution in [-0.2, 0) is 17.3 Å². The quantitative estimate of drug-likeness (QED) is 0.830. The molecule has 9 heteroatoms. The van der Waals surface area contributed by atoms with Crippen LogP contribution in [0.5, 0.6) is 0 Å². The number of fused-ring (bicyclic) bond motifs is 1. The topological polar surface area (TPSA) is 60.2 Å². The van der Waals surface area contributed by atoms with Gasteiger partial charge in [-0.15, -0.1) is 0 Å². The number of alkyl halides is 3. The van der Waals surface area contributed by atoms with Crippen molar-refractivity contribution in [3.63, 3.8) is 0 Å². The Bertz CT molecular complexity index is 814. The summed E-state index contributed by atoms with van der Waals surface area (Å²) in [6.07, 6.45) is 0.0345. The van der Waals surface area contributed by atoms with Crippen molar-refractivity contribution < 1.29 is 22.7 Å². The lowest BCUT2D eigenvalue weighted by Crippen LogP contribution is -2.52. The monoisotopic (exact) mass is 352 g/mol. The summed E-state index contributed by atoms with van der Waals surface area (Å²) in [7, 11) is 0. The Labute approximate surface area is 141 Å². The highest BCUT2D eigenvalue weighted by molar-refractivity contribution is 5.95. The molecule has 2 aromatic heterocycles. The highest BCUT2D eigenvalue weighted by Gasteiger charge is 2.38. The van der Waals surface area contributed by atoms with Crippen molar-refractivity contribution in [2.75, 3.05) is 19.8 Å². The first-order valence-electron chi connectivity index (χ1n) is 7.93. The molecule has 0 unspecified atom stereocenters. The van der Waals surface area contributed by atoms with Gasteiger partial charge in [0, 0.05) is 18.9 Å². The summed E-state index contributed by atoms with van der Waals surface area (Å²) >= 11 is 0. The van der Waals surface area contributed by atoms with Crippen molar-refractivity contribution in [1.82, 2.24) is 19.4 Å². The molecule has 0 N–H and O–H groups in total. The largest absolute Gasteiger partial charge is 0.421 e. The second kappa shape index (κ2) is 5.83. The van der Waals surface area contributed by atoms with Crippen LogP contribution in [0, 0.1) is 0 Å². The third kappa shape index (κ3) is 2.68. The van der Waals surface area contributed by atoms with Gasteiger partial charge in [-0.05, 0) is 24.5 Å². The fourth-order valence-corrected chi connectivity index (χ4v) is 3.24. The van der Waals surface area contributed by atoms with E-state index in [0.717, 1.165) is 24.5 Å². The van der Waals surface area contributed by atoms with E-state index in [0.29, 0.717) is 26.2 Å². The molecule has 1 saturated heterocycles.